The van der Waals surface area contributed by atoms with Gasteiger partial charge in [-0.15, -0.1) is 0 Å². The molecule has 1 aromatic carbocycles. The lowest BCUT2D eigenvalue weighted by Crippen LogP contribution is -2.33. The van der Waals surface area contributed by atoms with E-state index in [2.05, 4.69) is 0 Å². The molecule has 0 radical (unpaired) electrons. The Morgan fingerprint density at radius 2 is 1.68 bits per heavy atom. The largest absolute Gasteiger partial charge is 0.465 e. The summed E-state index contributed by atoms with van der Waals surface area (Å²) in [5.41, 5.74) is 0.743. The van der Waals surface area contributed by atoms with Gasteiger partial charge in [0.2, 0.25) is 0 Å². The van der Waals surface area contributed by atoms with Crippen LogP contribution in [0.2, 0.25) is 0 Å². The lowest BCUT2D eigenvalue weighted by molar-refractivity contribution is -0.147. The lowest BCUT2D eigenvalue weighted by Gasteiger charge is -2.13. The number of rotatable bonds is 9. The number of amides is 2. The molecule has 25 heavy (non-hydrogen) atoms. The number of hydrogen-bond acceptors (Lipinski definition) is 6. The molecule has 1 aliphatic heterocycles. The van der Waals surface area contributed by atoms with Crippen molar-refractivity contribution in [3.05, 3.63) is 35.4 Å². The van der Waals surface area contributed by atoms with Gasteiger partial charge < -0.3 is 9.47 Å². The Bertz CT molecular complexity index is 647. The van der Waals surface area contributed by atoms with Crippen molar-refractivity contribution in [3.8, 4) is 0 Å². The van der Waals surface area contributed by atoms with Crippen LogP contribution in [0, 0.1) is 5.92 Å². The monoisotopic (exact) mass is 347 g/mol. The molecule has 0 unspecified atom stereocenters. The average molecular weight is 347 g/mol. The highest BCUT2D eigenvalue weighted by Crippen LogP contribution is 2.21. The van der Waals surface area contributed by atoms with Crippen molar-refractivity contribution in [2.45, 2.75) is 20.3 Å². The molecule has 134 valence electrons. The van der Waals surface area contributed by atoms with Crippen LogP contribution in [0.4, 0.5) is 0 Å². The van der Waals surface area contributed by atoms with Crippen LogP contribution < -0.4 is 0 Å². The number of nitrogens with zero attached hydrogens (tertiary/aromatic N) is 1. The van der Waals surface area contributed by atoms with E-state index < -0.39 is 11.8 Å². The topological polar surface area (TPSA) is 90.0 Å². The standard InChI is InChI=1S/C18H21NO6/c1-12(2)10-25-16(21)9-13(20)11-24-8-7-19-17(22)14-5-3-4-6-15(14)18(19)23/h3-6,12H,7-11H2,1-2H3. The molecule has 1 aliphatic rings. The molecular weight excluding hydrogens is 326 g/mol. The minimum Gasteiger partial charge on any atom is -0.465 e. The van der Waals surface area contributed by atoms with E-state index in [-0.39, 0.29) is 50.5 Å². The number of imide groups is 1. The molecule has 0 saturated heterocycles. The van der Waals surface area contributed by atoms with Gasteiger partial charge in [-0.05, 0) is 18.1 Å². The Labute approximate surface area is 145 Å². The van der Waals surface area contributed by atoms with Crippen molar-refractivity contribution >= 4 is 23.6 Å². The highest BCUT2D eigenvalue weighted by molar-refractivity contribution is 6.21. The smallest absolute Gasteiger partial charge is 0.313 e. The summed E-state index contributed by atoms with van der Waals surface area (Å²) in [6, 6.07) is 6.59. The van der Waals surface area contributed by atoms with Gasteiger partial charge in [-0.25, -0.2) is 0 Å². The minimum absolute atomic E-state index is 0.0260. The Morgan fingerprint density at radius 1 is 1.08 bits per heavy atom. The van der Waals surface area contributed by atoms with Crippen LogP contribution in [0.15, 0.2) is 24.3 Å². The van der Waals surface area contributed by atoms with E-state index in [0.717, 1.165) is 4.90 Å². The number of carbonyl (C=O) groups excluding carboxylic acids is 4. The molecule has 2 rings (SSSR count). The summed E-state index contributed by atoms with van der Waals surface area (Å²) in [7, 11) is 0. The summed E-state index contributed by atoms with van der Waals surface area (Å²) in [6.45, 7) is 3.89. The maximum Gasteiger partial charge on any atom is 0.313 e. The van der Waals surface area contributed by atoms with Crippen LogP contribution in [0.3, 0.4) is 0 Å². The quantitative estimate of drug-likeness (QED) is 0.291. The van der Waals surface area contributed by atoms with Gasteiger partial charge in [0.25, 0.3) is 11.8 Å². The summed E-state index contributed by atoms with van der Waals surface area (Å²) in [5, 5.41) is 0. The third kappa shape index (κ3) is 4.96. The van der Waals surface area contributed by atoms with Gasteiger partial charge in [-0.3, -0.25) is 24.1 Å². The van der Waals surface area contributed by atoms with Crippen LogP contribution in [-0.2, 0) is 19.1 Å². The van der Waals surface area contributed by atoms with E-state index in [1.807, 2.05) is 13.8 Å². The molecule has 0 spiro atoms. The minimum atomic E-state index is -0.581. The van der Waals surface area contributed by atoms with E-state index in [1.54, 1.807) is 24.3 Å². The van der Waals surface area contributed by atoms with Crippen molar-refractivity contribution in [3.63, 3.8) is 0 Å². The molecule has 7 nitrogen and oxygen atoms in total. The number of hydrogen-bond donors (Lipinski definition) is 0. The molecule has 1 heterocycles. The molecule has 0 saturated carbocycles. The second-order valence-electron chi connectivity index (χ2n) is 6.15. The van der Waals surface area contributed by atoms with Crippen molar-refractivity contribution in [1.82, 2.24) is 4.90 Å². The number of fused-ring (bicyclic) bond motifs is 1. The maximum atomic E-state index is 12.1. The molecule has 0 fully saturated rings. The molecule has 0 aromatic heterocycles. The van der Waals surface area contributed by atoms with Crippen LogP contribution in [0.1, 0.15) is 41.0 Å². The van der Waals surface area contributed by atoms with Gasteiger partial charge in [0.1, 0.15) is 13.0 Å². The number of benzene rings is 1. The number of ketones is 1. The molecule has 7 heteroatoms. The van der Waals surface area contributed by atoms with Crippen LogP contribution in [0.5, 0.6) is 0 Å². The number of ether oxygens (including phenoxy) is 2. The molecule has 2 amide bonds. The first-order chi connectivity index (χ1) is 11.9. The van der Waals surface area contributed by atoms with Crippen molar-refractivity contribution in [2.75, 3.05) is 26.4 Å². The normalized spacial score (nSPS) is 13.3. The third-order valence-electron chi connectivity index (χ3n) is 3.52. The van der Waals surface area contributed by atoms with E-state index in [9.17, 15) is 19.2 Å². The second kappa shape index (κ2) is 8.53. The van der Waals surface area contributed by atoms with E-state index in [4.69, 9.17) is 9.47 Å². The first-order valence-corrected chi connectivity index (χ1v) is 8.10. The summed E-state index contributed by atoms with van der Waals surface area (Å²) >= 11 is 0. The van der Waals surface area contributed by atoms with Crippen molar-refractivity contribution < 1.29 is 28.7 Å². The zero-order valence-electron chi connectivity index (χ0n) is 14.3. The summed E-state index contributed by atoms with van der Waals surface area (Å²) in [6.07, 6.45) is -0.347. The second-order valence-corrected chi connectivity index (χ2v) is 6.15. The Hall–Kier alpha value is -2.54. The van der Waals surface area contributed by atoms with Gasteiger partial charge in [0.05, 0.1) is 30.9 Å². The Morgan fingerprint density at radius 3 is 2.24 bits per heavy atom. The van der Waals surface area contributed by atoms with Crippen molar-refractivity contribution in [1.29, 1.82) is 0 Å². The van der Waals surface area contributed by atoms with Gasteiger partial charge >= 0.3 is 5.97 Å². The summed E-state index contributed by atoms with van der Waals surface area (Å²) in [5.74, 6) is -1.52. The fraction of sp³-hybridized carbons (Fsp3) is 0.444. The molecular formula is C18H21NO6. The fourth-order valence-corrected chi connectivity index (χ4v) is 2.31. The maximum absolute atomic E-state index is 12.1. The Balaban J connectivity index is 1.70. The van der Waals surface area contributed by atoms with Crippen molar-refractivity contribution in [2.24, 2.45) is 5.92 Å². The third-order valence-corrected chi connectivity index (χ3v) is 3.52. The first kappa shape index (κ1) is 18.8. The summed E-state index contributed by atoms with van der Waals surface area (Å²) < 4.78 is 10.1. The van der Waals surface area contributed by atoms with Crippen LogP contribution >= 0.6 is 0 Å². The first-order valence-electron chi connectivity index (χ1n) is 8.10. The van der Waals surface area contributed by atoms with Gasteiger partial charge in [0, 0.05) is 0 Å². The molecule has 0 atom stereocenters. The molecule has 1 aromatic rings. The van der Waals surface area contributed by atoms with Gasteiger partial charge in [-0.1, -0.05) is 26.0 Å². The number of carbonyl (C=O) groups is 4. The van der Waals surface area contributed by atoms with E-state index >= 15 is 0 Å². The number of esters is 1. The zero-order valence-corrected chi connectivity index (χ0v) is 14.3. The van der Waals surface area contributed by atoms with E-state index in [1.165, 1.54) is 0 Å². The Kier molecular flexibility index (Phi) is 6.41. The van der Waals surface area contributed by atoms with Crippen LogP contribution in [-0.4, -0.2) is 54.8 Å². The van der Waals surface area contributed by atoms with E-state index in [0.29, 0.717) is 11.1 Å². The van der Waals surface area contributed by atoms with Gasteiger partial charge in [0.15, 0.2) is 5.78 Å². The molecule has 0 aliphatic carbocycles. The number of Topliss-reactive ketones (excluding diaryl/α,β-unsaturated/α-hetero) is 1. The van der Waals surface area contributed by atoms with Gasteiger partial charge in [-0.2, -0.15) is 0 Å². The van der Waals surface area contributed by atoms with Crippen LogP contribution in [0.25, 0.3) is 0 Å². The molecule has 0 bridgehead atoms. The molecule has 0 N–H and O–H groups in total. The lowest BCUT2D eigenvalue weighted by atomic mass is 10.1. The highest BCUT2D eigenvalue weighted by Gasteiger charge is 2.34. The fourth-order valence-electron chi connectivity index (χ4n) is 2.31. The highest BCUT2D eigenvalue weighted by atomic mass is 16.5. The predicted molar refractivity (Wildman–Crippen MR) is 88.0 cm³/mol. The SMILES string of the molecule is CC(C)COC(=O)CC(=O)COCCN1C(=O)c2ccccc2C1=O. The zero-order chi connectivity index (χ0) is 18.4. The average Bonchev–Trinajstić information content (AvgIpc) is 2.82. The summed E-state index contributed by atoms with van der Waals surface area (Å²) in [4.78, 5) is 48.4. The predicted octanol–water partition coefficient (Wildman–Crippen LogP) is 1.46.